The van der Waals surface area contributed by atoms with E-state index in [4.69, 9.17) is 9.26 Å². The second kappa shape index (κ2) is 11.7. The number of nitrogens with zero attached hydrogens (tertiary/aromatic N) is 2. The number of benzene rings is 2. The Hall–Kier alpha value is -4.94. The molecule has 0 spiro atoms. The molecular weight excluding hydrogens is 545 g/mol. The average molecular weight is 571 g/mol. The molecule has 5 rings (SSSR count). The van der Waals surface area contributed by atoms with Crippen LogP contribution in [0.15, 0.2) is 65.2 Å². The summed E-state index contributed by atoms with van der Waals surface area (Å²) < 4.78 is 47.7. The number of para-hydroxylation sites is 1. The van der Waals surface area contributed by atoms with Crippen LogP contribution in [0.2, 0.25) is 0 Å². The maximum absolute atomic E-state index is 12.0. The summed E-state index contributed by atoms with van der Waals surface area (Å²) in [5.74, 6) is -1.25. The van der Waals surface area contributed by atoms with Gasteiger partial charge < -0.3 is 19.3 Å². The first kappa shape index (κ1) is 29.1. The Kier molecular flexibility index (Phi) is 8.26. The summed E-state index contributed by atoms with van der Waals surface area (Å²) in [6.45, 7) is 4.06. The van der Waals surface area contributed by atoms with E-state index >= 15 is 0 Å². The van der Waals surface area contributed by atoms with Gasteiger partial charge in [-0.3, -0.25) is 15.1 Å². The third-order valence-corrected chi connectivity index (χ3v) is 6.09. The number of methoxy groups -OCH3 is 1. The maximum atomic E-state index is 12.0. The number of urea groups is 1. The Labute approximate surface area is 231 Å². The van der Waals surface area contributed by atoms with Gasteiger partial charge in [0.1, 0.15) is 17.9 Å². The zero-order valence-electron chi connectivity index (χ0n) is 22.2. The first-order valence-corrected chi connectivity index (χ1v) is 12.2. The number of carbonyl (C=O) groups excluding carboxylic acids is 3. The summed E-state index contributed by atoms with van der Waals surface area (Å²) in [5.41, 5.74) is 3.35. The fourth-order valence-electron chi connectivity index (χ4n) is 4.10. The Morgan fingerprint density at radius 1 is 1.07 bits per heavy atom. The van der Waals surface area contributed by atoms with Crippen molar-refractivity contribution in [1.29, 1.82) is 0 Å². The van der Waals surface area contributed by atoms with Crippen LogP contribution in [-0.2, 0) is 27.4 Å². The number of amides is 3. The van der Waals surface area contributed by atoms with Crippen molar-refractivity contribution in [2.75, 3.05) is 7.11 Å². The molecule has 1 aliphatic rings. The molecule has 2 aromatic heterocycles. The highest BCUT2D eigenvalue weighted by molar-refractivity contribution is 6.06. The van der Waals surface area contributed by atoms with Gasteiger partial charge in [0.15, 0.2) is 5.76 Å². The number of pyridine rings is 1. The predicted molar refractivity (Wildman–Crippen MR) is 140 cm³/mol. The molecule has 1 aliphatic heterocycles. The standard InChI is InChI=1S/C25H22N4O4.C3H3F3O2/c1-15-11-17(20-5-3-4-6-21(20)26-15)14-32-19-9-7-16(8-10-19)22-12-18(29-33-22)13-25(2)23(30)27-24(31)28-25;1-8-2(7)3(4,5)6/h3-12H,13-14H2,1-2H3,(H2,27,28,30,31);1H3. The van der Waals surface area contributed by atoms with Crippen molar-refractivity contribution in [3.05, 3.63) is 77.6 Å². The Morgan fingerprint density at radius 3 is 2.39 bits per heavy atom. The van der Waals surface area contributed by atoms with E-state index in [1.807, 2.05) is 61.5 Å². The van der Waals surface area contributed by atoms with E-state index in [0.717, 1.165) is 33.5 Å². The number of nitrogens with one attached hydrogen (secondary N) is 2. The summed E-state index contributed by atoms with van der Waals surface area (Å²) >= 11 is 0. The largest absolute Gasteiger partial charge is 0.490 e. The molecule has 0 bridgehead atoms. The van der Waals surface area contributed by atoms with Crippen molar-refractivity contribution in [2.45, 2.75) is 38.6 Å². The van der Waals surface area contributed by atoms with E-state index in [-0.39, 0.29) is 12.3 Å². The Balaban J connectivity index is 0.000000426. The third kappa shape index (κ3) is 6.99. The molecule has 1 fully saturated rings. The number of rotatable bonds is 6. The Bertz CT molecular complexity index is 1590. The van der Waals surface area contributed by atoms with Crippen LogP contribution < -0.4 is 15.4 Å². The van der Waals surface area contributed by atoms with Gasteiger partial charge in [0.2, 0.25) is 0 Å². The minimum atomic E-state index is -4.85. The zero-order chi connectivity index (χ0) is 29.8. The molecule has 41 heavy (non-hydrogen) atoms. The highest BCUT2D eigenvalue weighted by Gasteiger charge is 2.42. The number of hydrogen-bond acceptors (Lipinski definition) is 8. The fourth-order valence-corrected chi connectivity index (χ4v) is 4.10. The molecule has 1 atom stereocenters. The molecule has 0 saturated carbocycles. The fraction of sp³-hybridized carbons (Fsp3) is 0.250. The third-order valence-electron chi connectivity index (χ3n) is 6.09. The molecule has 3 heterocycles. The van der Waals surface area contributed by atoms with Crippen molar-refractivity contribution in [3.8, 4) is 17.1 Å². The van der Waals surface area contributed by atoms with E-state index in [0.29, 0.717) is 25.2 Å². The highest BCUT2D eigenvalue weighted by atomic mass is 19.4. The molecule has 214 valence electrons. The molecule has 13 heteroatoms. The van der Waals surface area contributed by atoms with Crippen molar-refractivity contribution in [2.24, 2.45) is 0 Å². The molecule has 0 aliphatic carbocycles. The quantitative estimate of drug-likeness (QED) is 0.253. The van der Waals surface area contributed by atoms with Crippen molar-refractivity contribution < 1.29 is 41.6 Å². The number of aromatic nitrogens is 2. The number of imide groups is 1. The lowest BCUT2D eigenvalue weighted by atomic mass is 9.96. The SMILES string of the molecule is COC(=O)C(F)(F)F.Cc1cc(COc2ccc(-c3cc(CC4(C)NC(=O)NC4=O)no3)cc2)c2ccccc2n1. The van der Waals surface area contributed by atoms with Crippen LogP contribution in [-0.4, -0.2) is 46.9 Å². The number of fused-ring (bicyclic) bond motifs is 1. The van der Waals surface area contributed by atoms with Crippen LogP contribution in [0.25, 0.3) is 22.2 Å². The van der Waals surface area contributed by atoms with E-state index in [2.05, 4.69) is 25.5 Å². The van der Waals surface area contributed by atoms with E-state index in [1.54, 1.807) is 13.0 Å². The van der Waals surface area contributed by atoms with Gasteiger partial charge >= 0.3 is 18.2 Å². The van der Waals surface area contributed by atoms with Crippen molar-refractivity contribution >= 4 is 28.8 Å². The molecule has 10 nitrogen and oxygen atoms in total. The molecule has 3 amide bonds. The highest BCUT2D eigenvalue weighted by Crippen LogP contribution is 2.26. The van der Waals surface area contributed by atoms with Crippen molar-refractivity contribution in [1.82, 2.24) is 20.8 Å². The summed E-state index contributed by atoms with van der Waals surface area (Å²) in [6, 6.07) is 18.9. The lowest BCUT2D eigenvalue weighted by molar-refractivity contribution is -0.196. The second-order valence-electron chi connectivity index (χ2n) is 9.34. The minimum absolute atomic E-state index is 0.231. The lowest BCUT2D eigenvalue weighted by Crippen LogP contribution is -2.45. The lowest BCUT2D eigenvalue weighted by Gasteiger charge is -2.18. The average Bonchev–Trinajstić information content (AvgIpc) is 3.49. The van der Waals surface area contributed by atoms with Gasteiger partial charge in [-0.05, 0) is 50.2 Å². The molecular formula is C28H25F3N4O6. The smallest absolute Gasteiger partial charge is 0.489 e. The predicted octanol–water partition coefficient (Wildman–Crippen LogP) is 4.64. The monoisotopic (exact) mass is 570 g/mol. The molecule has 4 aromatic rings. The van der Waals surface area contributed by atoms with Gasteiger partial charge in [-0.25, -0.2) is 9.59 Å². The number of alkyl halides is 3. The second-order valence-corrected chi connectivity index (χ2v) is 9.34. The first-order chi connectivity index (χ1) is 19.4. The molecule has 2 N–H and O–H groups in total. The number of esters is 1. The number of halogens is 3. The van der Waals surface area contributed by atoms with Gasteiger partial charge in [0, 0.05) is 34.7 Å². The minimum Gasteiger partial charge on any atom is -0.489 e. The van der Waals surface area contributed by atoms with Crippen LogP contribution in [0.5, 0.6) is 5.75 Å². The first-order valence-electron chi connectivity index (χ1n) is 12.2. The number of ether oxygens (including phenoxy) is 2. The van der Waals surface area contributed by atoms with Crippen LogP contribution >= 0.6 is 0 Å². The topological polar surface area (TPSA) is 133 Å². The normalized spacial score (nSPS) is 16.4. The van der Waals surface area contributed by atoms with Gasteiger partial charge in [0.25, 0.3) is 5.91 Å². The van der Waals surface area contributed by atoms with E-state index < -0.39 is 23.7 Å². The van der Waals surface area contributed by atoms with E-state index in [1.165, 1.54) is 0 Å². The van der Waals surface area contributed by atoms with Gasteiger partial charge in [-0.1, -0.05) is 23.4 Å². The molecule has 1 unspecified atom stereocenters. The van der Waals surface area contributed by atoms with Crippen molar-refractivity contribution in [3.63, 3.8) is 0 Å². The van der Waals surface area contributed by atoms with Crippen LogP contribution in [0.4, 0.5) is 18.0 Å². The summed E-state index contributed by atoms with van der Waals surface area (Å²) in [5, 5.41) is 10.0. The molecule has 2 aromatic carbocycles. The van der Waals surface area contributed by atoms with E-state index in [9.17, 15) is 27.6 Å². The van der Waals surface area contributed by atoms with Crippen LogP contribution in [0.3, 0.4) is 0 Å². The van der Waals surface area contributed by atoms with Gasteiger partial charge in [-0.15, -0.1) is 0 Å². The Morgan fingerprint density at radius 2 is 1.78 bits per heavy atom. The van der Waals surface area contributed by atoms with Gasteiger partial charge in [-0.2, -0.15) is 13.2 Å². The van der Waals surface area contributed by atoms with Gasteiger partial charge in [0.05, 0.1) is 18.3 Å². The number of carbonyl (C=O) groups is 3. The molecule has 1 saturated heterocycles. The van der Waals surface area contributed by atoms with Crippen LogP contribution in [0.1, 0.15) is 23.9 Å². The zero-order valence-corrected chi connectivity index (χ0v) is 22.2. The summed E-state index contributed by atoms with van der Waals surface area (Å²) in [6.07, 6.45) is -4.62. The number of aryl methyl sites for hydroxylation is 1. The maximum Gasteiger partial charge on any atom is 0.490 e. The molecule has 0 radical (unpaired) electrons. The summed E-state index contributed by atoms with van der Waals surface area (Å²) in [7, 11) is 0.676. The number of hydrogen-bond donors (Lipinski definition) is 2. The summed E-state index contributed by atoms with van der Waals surface area (Å²) in [4.78, 5) is 37.5. The van der Waals surface area contributed by atoms with Crippen LogP contribution in [0, 0.1) is 6.92 Å².